The third kappa shape index (κ3) is 2.18. The maximum Gasteiger partial charge on any atom is 0.333 e. The first-order valence-corrected chi connectivity index (χ1v) is 7.73. The highest BCUT2D eigenvalue weighted by Gasteiger charge is 2.32. The fourth-order valence-corrected chi connectivity index (χ4v) is 3.32. The van der Waals surface area contributed by atoms with Crippen LogP contribution in [0.4, 0.5) is 0 Å². The van der Waals surface area contributed by atoms with Gasteiger partial charge in [-0.05, 0) is 19.3 Å². The maximum atomic E-state index is 12.0. The van der Waals surface area contributed by atoms with E-state index in [4.69, 9.17) is 16.1 Å². The minimum absolute atomic E-state index is 0.0198. The minimum Gasteiger partial charge on any atom is -0.337 e. The van der Waals surface area contributed by atoms with Gasteiger partial charge in [-0.1, -0.05) is 5.16 Å². The van der Waals surface area contributed by atoms with E-state index in [1.54, 1.807) is 0 Å². The van der Waals surface area contributed by atoms with Gasteiger partial charge in [0.15, 0.2) is 5.82 Å². The summed E-state index contributed by atoms with van der Waals surface area (Å²) in [4.78, 5) is 28.3. The second-order valence-corrected chi connectivity index (χ2v) is 6.37. The predicted molar refractivity (Wildman–Crippen MR) is 76.1 cm³/mol. The number of nitrogens with zero attached hydrogens (tertiary/aromatic N) is 5. The van der Waals surface area contributed by atoms with E-state index in [0.717, 1.165) is 23.9 Å². The van der Waals surface area contributed by atoms with E-state index >= 15 is 0 Å². The first-order chi connectivity index (χ1) is 10.6. The molecule has 1 fully saturated rings. The van der Waals surface area contributed by atoms with Crippen LogP contribution in [0.25, 0.3) is 0 Å². The topological polar surface area (TPSA) is 95.8 Å². The molecule has 1 aliphatic carbocycles. The van der Waals surface area contributed by atoms with E-state index < -0.39 is 11.1 Å². The summed E-state index contributed by atoms with van der Waals surface area (Å²) in [6.45, 7) is 0.579. The lowest BCUT2D eigenvalue weighted by Crippen LogP contribution is -2.43. The van der Waals surface area contributed by atoms with Crippen LogP contribution in [0.2, 0.25) is 0 Å². The van der Waals surface area contributed by atoms with Crippen LogP contribution in [0.1, 0.15) is 42.7 Å². The van der Waals surface area contributed by atoms with Crippen LogP contribution in [0.3, 0.4) is 0 Å². The largest absolute Gasteiger partial charge is 0.337 e. The lowest BCUT2D eigenvalue weighted by Gasteiger charge is -2.27. The quantitative estimate of drug-likeness (QED) is 0.594. The lowest BCUT2D eigenvalue weighted by atomic mass is 9.84. The number of aryl methyl sites for hydroxylation is 1. The Kier molecular flexibility index (Phi) is 3.14. The average Bonchev–Trinajstić information content (AvgIpc) is 3.10. The summed E-state index contributed by atoms with van der Waals surface area (Å²) in [7, 11) is 0. The molecule has 1 saturated carbocycles. The summed E-state index contributed by atoms with van der Waals surface area (Å²) in [5.41, 5.74) is -1.19. The summed E-state index contributed by atoms with van der Waals surface area (Å²) in [6, 6.07) is 0. The normalized spacial score (nSPS) is 23.3. The first kappa shape index (κ1) is 13.7. The van der Waals surface area contributed by atoms with Gasteiger partial charge in [0.05, 0.1) is 0 Å². The van der Waals surface area contributed by atoms with E-state index in [-0.39, 0.29) is 23.7 Å². The van der Waals surface area contributed by atoms with Gasteiger partial charge in [0, 0.05) is 24.3 Å². The van der Waals surface area contributed by atoms with Crippen molar-refractivity contribution in [2.45, 2.75) is 50.1 Å². The molecule has 22 heavy (non-hydrogen) atoms. The van der Waals surface area contributed by atoms with E-state index in [1.807, 2.05) is 0 Å². The molecule has 0 radical (unpaired) electrons. The van der Waals surface area contributed by atoms with Crippen molar-refractivity contribution in [3.8, 4) is 0 Å². The van der Waals surface area contributed by atoms with Crippen LogP contribution in [0.5, 0.6) is 0 Å². The van der Waals surface area contributed by atoms with Gasteiger partial charge in [-0.15, -0.1) is 11.6 Å². The van der Waals surface area contributed by atoms with Crippen molar-refractivity contribution in [1.82, 2.24) is 24.5 Å². The van der Waals surface area contributed by atoms with Crippen molar-refractivity contribution in [3.63, 3.8) is 0 Å². The highest BCUT2D eigenvalue weighted by atomic mass is 35.5. The molecule has 0 spiro atoms. The zero-order valence-electron chi connectivity index (χ0n) is 11.7. The molecule has 4 rings (SSSR count). The molecule has 0 saturated heterocycles. The zero-order valence-corrected chi connectivity index (χ0v) is 12.5. The van der Waals surface area contributed by atoms with E-state index in [9.17, 15) is 9.59 Å². The van der Waals surface area contributed by atoms with Gasteiger partial charge < -0.3 is 4.52 Å². The molecule has 2 aromatic rings. The van der Waals surface area contributed by atoms with Crippen molar-refractivity contribution < 1.29 is 4.52 Å². The van der Waals surface area contributed by atoms with Crippen molar-refractivity contribution in [2.24, 2.45) is 0 Å². The van der Waals surface area contributed by atoms with Crippen molar-refractivity contribution in [1.29, 1.82) is 0 Å². The molecule has 0 atom stereocenters. The van der Waals surface area contributed by atoms with Gasteiger partial charge in [-0.25, -0.2) is 4.68 Å². The highest BCUT2D eigenvalue weighted by Crippen LogP contribution is 2.38. The van der Waals surface area contributed by atoms with Gasteiger partial charge in [0.1, 0.15) is 12.4 Å². The van der Waals surface area contributed by atoms with Crippen LogP contribution in [0.15, 0.2) is 14.1 Å². The van der Waals surface area contributed by atoms with Crippen LogP contribution < -0.4 is 11.1 Å². The van der Waals surface area contributed by atoms with E-state index in [1.165, 1.54) is 4.57 Å². The number of rotatable bonds is 3. The summed E-state index contributed by atoms with van der Waals surface area (Å²) in [5.74, 6) is 1.74. The Hall–Kier alpha value is -1.96. The highest BCUT2D eigenvalue weighted by molar-refractivity contribution is 6.21. The molecule has 0 unspecified atom stereocenters. The standard InChI is InChI=1S/C13H14ClN5O3/c14-8-4-7(5-8)11-15-10(22-17-11)6-19-13(21)12(20)18-3-1-2-9(18)16-19/h7-8H,1-6H2. The summed E-state index contributed by atoms with van der Waals surface area (Å²) >= 11 is 5.94. The molecule has 2 aliphatic rings. The zero-order chi connectivity index (χ0) is 15.3. The van der Waals surface area contributed by atoms with Gasteiger partial charge in [-0.3, -0.25) is 14.2 Å². The van der Waals surface area contributed by atoms with Crippen molar-refractivity contribution in [3.05, 3.63) is 38.2 Å². The van der Waals surface area contributed by atoms with E-state index in [2.05, 4.69) is 15.2 Å². The molecular weight excluding hydrogens is 310 g/mol. The molecule has 8 nitrogen and oxygen atoms in total. The summed E-state index contributed by atoms with van der Waals surface area (Å²) in [5, 5.41) is 8.32. The molecule has 0 N–H and O–H groups in total. The SMILES string of the molecule is O=c1c(=O)n2c(nn1Cc1nc(C3CC(Cl)C3)no1)CCC2. The number of hydrogen-bond acceptors (Lipinski definition) is 6. The molecule has 1 aliphatic heterocycles. The van der Waals surface area contributed by atoms with Crippen molar-refractivity contribution >= 4 is 11.6 Å². The van der Waals surface area contributed by atoms with Crippen LogP contribution >= 0.6 is 11.6 Å². The first-order valence-electron chi connectivity index (χ1n) is 7.29. The molecule has 2 aromatic heterocycles. The Balaban J connectivity index is 1.60. The number of halogens is 1. The van der Waals surface area contributed by atoms with E-state index in [0.29, 0.717) is 24.6 Å². The molecular formula is C13H14ClN5O3. The number of hydrogen-bond donors (Lipinski definition) is 0. The van der Waals surface area contributed by atoms with Crippen LogP contribution in [-0.4, -0.2) is 29.9 Å². The van der Waals surface area contributed by atoms with Gasteiger partial charge >= 0.3 is 11.1 Å². The fraction of sp³-hybridized carbons (Fsp3) is 0.615. The maximum absolute atomic E-state index is 12.0. The Morgan fingerprint density at radius 1 is 1.27 bits per heavy atom. The second-order valence-electron chi connectivity index (χ2n) is 5.75. The third-order valence-corrected chi connectivity index (χ3v) is 4.56. The third-order valence-electron chi connectivity index (χ3n) is 4.21. The Bertz CT molecular complexity index is 833. The lowest BCUT2D eigenvalue weighted by molar-refractivity contribution is 0.340. The Morgan fingerprint density at radius 3 is 2.86 bits per heavy atom. The van der Waals surface area contributed by atoms with Gasteiger partial charge in [-0.2, -0.15) is 10.1 Å². The van der Waals surface area contributed by atoms with Gasteiger partial charge in [0.2, 0.25) is 5.89 Å². The molecule has 3 heterocycles. The Labute approximate surface area is 129 Å². The Morgan fingerprint density at radius 2 is 2.09 bits per heavy atom. The smallest absolute Gasteiger partial charge is 0.333 e. The monoisotopic (exact) mass is 323 g/mol. The predicted octanol–water partition coefficient (Wildman–Crippen LogP) is 0.267. The summed E-state index contributed by atoms with van der Waals surface area (Å²) in [6.07, 6.45) is 3.19. The number of alkyl halides is 1. The van der Waals surface area contributed by atoms with Gasteiger partial charge in [0.25, 0.3) is 0 Å². The average molecular weight is 324 g/mol. The summed E-state index contributed by atoms with van der Waals surface area (Å²) < 4.78 is 7.71. The molecule has 0 aromatic carbocycles. The molecule has 0 bridgehead atoms. The van der Waals surface area contributed by atoms with Crippen LogP contribution in [-0.2, 0) is 19.5 Å². The minimum atomic E-state index is -0.658. The number of aromatic nitrogens is 5. The van der Waals surface area contributed by atoms with Crippen molar-refractivity contribution in [2.75, 3.05) is 0 Å². The fourth-order valence-electron chi connectivity index (χ4n) is 2.89. The molecule has 116 valence electrons. The molecule has 0 amide bonds. The molecule has 9 heteroatoms. The second kappa shape index (κ2) is 5.05. The number of fused-ring (bicyclic) bond motifs is 1. The van der Waals surface area contributed by atoms with Crippen LogP contribution in [0, 0.1) is 0 Å².